The van der Waals surface area contributed by atoms with Crippen LogP contribution in [0.2, 0.25) is 13.1 Å². The number of furan rings is 2. The van der Waals surface area contributed by atoms with Crippen molar-refractivity contribution < 1.29 is 26.8 Å². The molecule has 0 aliphatic heterocycles. The average molecular weight is 875 g/mol. The van der Waals surface area contributed by atoms with Gasteiger partial charge in [-0.25, -0.2) is 0 Å². The quantitative estimate of drug-likeness (QED) is 0.123. The fourth-order valence-electron chi connectivity index (χ4n) is 7.30. The molecular weight excluding hydrogens is 823 g/mol. The van der Waals surface area contributed by atoms with E-state index in [1.165, 1.54) is 77.2 Å². The van der Waals surface area contributed by atoms with Crippen LogP contribution in [0.5, 0.6) is 0 Å². The summed E-state index contributed by atoms with van der Waals surface area (Å²) >= 11 is -1.65. The Morgan fingerprint density at radius 3 is 1.21 bits per heavy atom. The standard InChI is InChI=1S/2C24H23O.C2H6Si.2ClH.Zr/c2*1-5-18-10-11-19-13-20(23-12-16(3)17(4)25-23)14-22(19)24(18)21-9-7-6-8-15(21)2;1-3-2;;;/h2*6-14H,5H2,1-4H3;1-2H3;2*1H;/q2*-1;;;;+2/p-2. The van der Waals surface area contributed by atoms with Gasteiger partial charge in [0.2, 0.25) is 0 Å². The second-order valence-electron chi connectivity index (χ2n) is 15.0. The molecule has 2 aromatic heterocycles. The van der Waals surface area contributed by atoms with E-state index in [2.05, 4.69) is 164 Å². The Labute approximate surface area is 348 Å². The first-order chi connectivity index (χ1) is 26.8. The molecule has 8 rings (SSSR count). The molecule has 0 N–H and O–H groups in total. The molecule has 0 saturated carbocycles. The van der Waals surface area contributed by atoms with Crippen molar-refractivity contribution >= 4 is 44.0 Å². The third-order valence-electron chi connectivity index (χ3n) is 10.8. The summed E-state index contributed by atoms with van der Waals surface area (Å²) in [6.07, 6.45) is 2.05. The van der Waals surface area contributed by atoms with Crippen LogP contribution in [0.15, 0.2) is 118 Å². The Morgan fingerprint density at radius 2 is 0.911 bits per heavy atom. The maximum absolute atomic E-state index is 5.96. The molecule has 0 amide bonds. The summed E-state index contributed by atoms with van der Waals surface area (Å²) in [7, 11) is 11.2. The Hall–Kier alpha value is -3.66. The molecule has 0 aliphatic rings. The minimum absolute atomic E-state index is 0.224. The van der Waals surface area contributed by atoms with Crippen molar-refractivity contribution in [1.29, 1.82) is 0 Å². The van der Waals surface area contributed by atoms with Gasteiger partial charge in [-0.15, -0.1) is 57.9 Å². The van der Waals surface area contributed by atoms with Crippen molar-refractivity contribution in [2.24, 2.45) is 0 Å². The average Bonchev–Trinajstić information content (AvgIpc) is 3.97. The molecule has 2 heterocycles. The van der Waals surface area contributed by atoms with Crippen LogP contribution in [-0.2, 0) is 30.8 Å². The summed E-state index contributed by atoms with van der Waals surface area (Å²) in [5, 5.41) is 5.18. The fourth-order valence-corrected chi connectivity index (χ4v) is 7.30. The molecule has 2 nitrogen and oxygen atoms in total. The summed E-state index contributed by atoms with van der Waals surface area (Å²) < 4.78 is 11.9. The number of fused-ring (bicyclic) bond motifs is 2. The van der Waals surface area contributed by atoms with Gasteiger partial charge in [0.15, 0.2) is 0 Å². The molecule has 6 heteroatoms. The summed E-state index contributed by atoms with van der Waals surface area (Å²) in [4.78, 5) is 0. The summed E-state index contributed by atoms with van der Waals surface area (Å²) in [5.41, 5.74) is 15.3. The number of aryl methyl sites for hydroxylation is 8. The van der Waals surface area contributed by atoms with Crippen molar-refractivity contribution in [2.45, 2.75) is 81.3 Å². The monoisotopic (exact) mass is 872 g/mol. The van der Waals surface area contributed by atoms with Gasteiger partial charge < -0.3 is 8.83 Å². The van der Waals surface area contributed by atoms with Crippen LogP contribution in [0.1, 0.15) is 58.7 Å². The van der Waals surface area contributed by atoms with E-state index in [4.69, 9.17) is 25.9 Å². The van der Waals surface area contributed by atoms with E-state index >= 15 is 0 Å². The second kappa shape index (κ2) is 18.3. The fraction of sp³-hybridized carbons (Fsp3) is 0.240. The minimum atomic E-state index is -1.65. The van der Waals surface area contributed by atoms with Gasteiger partial charge in [-0.05, 0) is 111 Å². The van der Waals surface area contributed by atoms with Gasteiger partial charge in [0, 0.05) is 0 Å². The Balaban J connectivity index is 0.000000166. The van der Waals surface area contributed by atoms with E-state index in [-0.39, 0.29) is 5.43 Å². The predicted octanol–water partition coefficient (Wildman–Crippen LogP) is 16.1. The number of hydrogen-bond acceptors (Lipinski definition) is 2. The summed E-state index contributed by atoms with van der Waals surface area (Å²) in [6, 6.07) is 39.7. The molecule has 6 aromatic carbocycles. The molecule has 288 valence electrons. The first-order valence-corrected chi connectivity index (χ1v) is 32.0. The van der Waals surface area contributed by atoms with Gasteiger partial charge in [-0.1, -0.05) is 96.8 Å². The molecule has 0 aliphatic carbocycles. The van der Waals surface area contributed by atoms with Crippen LogP contribution in [0, 0.1) is 41.5 Å². The first kappa shape index (κ1) is 42.0. The van der Waals surface area contributed by atoms with E-state index in [1.807, 2.05) is 13.8 Å². The van der Waals surface area contributed by atoms with Crippen LogP contribution in [0.3, 0.4) is 0 Å². The zero-order valence-electron chi connectivity index (χ0n) is 34.4. The summed E-state index contributed by atoms with van der Waals surface area (Å²) in [5.74, 6) is 3.90. The molecule has 0 unspecified atom stereocenters. The van der Waals surface area contributed by atoms with Gasteiger partial charge in [0.25, 0.3) is 0 Å². The first-order valence-electron chi connectivity index (χ1n) is 19.5. The topological polar surface area (TPSA) is 26.3 Å². The number of halogens is 2. The van der Waals surface area contributed by atoms with Crippen molar-refractivity contribution in [1.82, 2.24) is 0 Å². The Bertz CT molecular complexity index is 2450. The molecule has 56 heavy (non-hydrogen) atoms. The normalized spacial score (nSPS) is 11.0. The zero-order chi connectivity index (χ0) is 40.3. The third kappa shape index (κ3) is 9.05. The molecule has 8 aromatic rings. The van der Waals surface area contributed by atoms with Crippen LogP contribution >= 0.6 is 17.0 Å². The Kier molecular flexibility index (Phi) is 13.7. The number of rotatable bonds is 6. The Morgan fingerprint density at radius 1 is 0.536 bits per heavy atom. The molecule has 0 radical (unpaired) electrons. The molecule has 0 atom stereocenters. The number of benzene rings is 4. The van der Waals surface area contributed by atoms with Crippen molar-refractivity contribution in [3.63, 3.8) is 0 Å². The van der Waals surface area contributed by atoms with Crippen LogP contribution in [0.25, 0.3) is 66.4 Å². The molecule has 0 spiro atoms. The van der Waals surface area contributed by atoms with Gasteiger partial charge in [0.1, 0.15) is 0 Å². The molecular formula is C50H52Cl2O2SiZr-2. The van der Waals surface area contributed by atoms with Crippen molar-refractivity contribution in [3.8, 4) is 44.9 Å². The maximum atomic E-state index is 5.96. The van der Waals surface area contributed by atoms with E-state index in [9.17, 15) is 0 Å². The molecule has 0 fully saturated rings. The van der Waals surface area contributed by atoms with Crippen LogP contribution in [-0.4, -0.2) is 5.43 Å². The molecule has 0 saturated heterocycles. The van der Waals surface area contributed by atoms with E-state index in [1.54, 1.807) is 0 Å². The SMILES string of the molecule is CCc1ccc2[cH-]c(-c3cc(C)c(C)o3)cc2c1-c1ccccc1C.CCc1ccc2[cH-]c(-c3cc(C)c(C)o3)cc2c1-c1ccccc1C.C[Si](C)=[Zr]([Cl])[Cl]. The van der Waals surface area contributed by atoms with Gasteiger partial charge in [-0.3, -0.25) is 0 Å². The van der Waals surface area contributed by atoms with Gasteiger partial charge >= 0.3 is 53.5 Å². The van der Waals surface area contributed by atoms with Gasteiger partial charge in [-0.2, -0.15) is 0 Å². The summed E-state index contributed by atoms with van der Waals surface area (Å²) in [6.45, 7) is 21.4. The van der Waals surface area contributed by atoms with Gasteiger partial charge in [0.05, 0.1) is 23.0 Å². The third-order valence-corrected chi connectivity index (χ3v) is 30.6. The second-order valence-corrected chi connectivity index (χ2v) is 38.0. The van der Waals surface area contributed by atoms with Crippen molar-refractivity contribution in [2.75, 3.05) is 0 Å². The van der Waals surface area contributed by atoms with Crippen LogP contribution in [0.4, 0.5) is 0 Å². The van der Waals surface area contributed by atoms with E-state index in [0.29, 0.717) is 0 Å². The zero-order valence-corrected chi connectivity index (χ0v) is 39.3. The molecule has 0 bridgehead atoms. The van der Waals surface area contributed by atoms with Crippen molar-refractivity contribution in [3.05, 3.63) is 154 Å². The predicted molar refractivity (Wildman–Crippen MR) is 242 cm³/mol. The van der Waals surface area contributed by atoms with E-state index in [0.717, 1.165) is 47.0 Å². The van der Waals surface area contributed by atoms with Crippen LogP contribution < -0.4 is 0 Å². The number of hydrogen-bond donors (Lipinski definition) is 0. The van der Waals surface area contributed by atoms with E-state index < -0.39 is 18.0 Å².